The number of hydrogen-bond acceptors (Lipinski definition) is 3. The maximum absolute atomic E-state index is 14.3. The summed E-state index contributed by atoms with van der Waals surface area (Å²) in [5, 5.41) is 9.98. The molecule has 3 rings (SSSR count). The van der Waals surface area contributed by atoms with E-state index in [0.29, 0.717) is 38.1 Å². The summed E-state index contributed by atoms with van der Waals surface area (Å²) in [7, 11) is 1.67. The SMILES string of the molecule is COCCCC1(CO)CCCN(C(=O)C2(c3ccccc3F)CC2)C1. The van der Waals surface area contributed by atoms with Crippen LogP contribution in [-0.4, -0.2) is 49.3 Å². The highest BCUT2D eigenvalue weighted by Crippen LogP contribution is 2.51. The average molecular weight is 349 g/mol. The van der Waals surface area contributed by atoms with E-state index in [1.165, 1.54) is 6.07 Å². The fraction of sp³-hybridized carbons (Fsp3) is 0.650. The Labute approximate surface area is 149 Å². The number of hydrogen-bond donors (Lipinski definition) is 1. The summed E-state index contributed by atoms with van der Waals surface area (Å²) in [5.74, 6) is -0.263. The molecular formula is C20H28FNO3. The van der Waals surface area contributed by atoms with E-state index in [2.05, 4.69) is 0 Å². The molecule has 4 nitrogen and oxygen atoms in total. The number of ether oxygens (including phenoxy) is 1. The highest BCUT2D eigenvalue weighted by Gasteiger charge is 2.55. The molecule has 1 heterocycles. The van der Waals surface area contributed by atoms with Crippen LogP contribution in [0.2, 0.25) is 0 Å². The van der Waals surface area contributed by atoms with Gasteiger partial charge in [-0.2, -0.15) is 0 Å². The summed E-state index contributed by atoms with van der Waals surface area (Å²) < 4.78 is 19.4. The van der Waals surface area contributed by atoms with Gasteiger partial charge in [-0.15, -0.1) is 0 Å². The number of methoxy groups -OCH3 is 1. The molecule has 1 saturated carbocycles. The quantitative estimate of drug-likeness (QED) is 0.770. The lowest BCUT2D eigenvalue weighted by Crippen LogP contribution is -2.51. The van der Waals surface area contributed by atoms with Gasteiger partial charge in [0.05, 0.1) is 12.0 Å². The number of benzene rings is 1. The van der Waals surface area contributed by atoms with E-state index >= 15 is 0 Å². The molecular weight excluding hydrogens is 321 g/mol. The van der Waals surface area contributed by atoms with Crippen molar-refractivity contribution in [2.75, 3.05) is 33.4 Å². The zero-order chi connectivity index (χ0) is 17.9. The summed E-state index contributed by atoms with van der Waals surface area (Å²) in [6.07, 6.45) is 4.93. The summed E-state index contributed by atoms with van der Waals surface area (Å²) in [6.45, 7) is 1.99. The number of piperidine rings is 1. The van der Waals surface area contributed by atoms with Crippen LogP contribution in [0.5, 0.6) is 0 Å². The van der Waals surface area contributed by atoms with Gasteiger partial charge in [0.2, 0.25) is 5.91 Å². The molecule has 0 spiro atoms. The second-order valence-corrected chi connectivity index (χ2v) is 7.65. The third-order valence-corrected chi connectivity index (χ3v) is 5.89. The first-order valence-electron chi connectivity index (χ1n) is 9.21. The van der Waals surface area contributed by atoms with Gasteiger partial charge in [-0.3, -0.25) is 4.79 Å². The van der Waals surface area contributed by atoms with Crippen LogP contribution < -0.4 is 0 Å². The number of aliphatic hydroxyl groups excluding tert-OH is 1. The van der Waals surface area contributed by atoms with Crippen LogP contribution in [0.4, 0.5) is 4.39 Å². The van der Waals surface area contributed by atoms with Crippen molar-refractivity contribution in [1.29, 1.82) is 0 Å². The smallest absolute Gasteiger partial charge is 0.233 e. The van der Waals surface area contributed by atoms with Gasteiger partial charge in [-0.25, -0.2) is 4.39 Å². The second-order valence-electron chi connectivity index (χ2n) is 7.65. The summed E-state index contributed by atoms with van der Waals surface area (Å²) in [6, 6.07) is 6.63. The van der Waals surface area contributed by atoms with Gasteiger partial charge in [-0.05, 0) is 44.6 Å². The van der Waals surface area contributed by atoms with Crippen LogP contribution in [0.15, 0.2) is 24.3 Å². The van der Waals surface area contributed by atoms with Crippen molar-refractivity contribution in [1.82, 2.24) is 4.90 Å². The zero-order valence-electron chi connectivity index (χ0n) is 15.0. The van der Waals surface area contributed by atoms with Gasteiger partial charge < -0.3 is 14.7 Å². The van der Waals surface area contributed by atoms with Gasteiger partial charge in [0.25, 0.3) is 0 Å². The van der Waals surface area contributed by atoms with Gasteiger partial charge in [0.15, 0.2) is 0 Å². The molecule has 0 aromatic heterocycles. The maximum atomic E-state index is 14.3. The Bertz CT molecular complexity index is 617. The Morgan fingerprint density at radius 1 is 1.32 bits per heavy atom. The van der Waals surface area contributed by atoms with Crippen molar-refractivity contribution in [2.45, 2.75) is 43.9 Å². The molecule has 1 unspecified atom stereocenters. The zero-order valence-corrected chi connectivity index (χ0v) is 15.0. The molecule has 0 bridgehead atoms. The van der Waals surface area contributed by atoms with Crippen LogP contribution in [0.3, 0.4) is 0 Å². The van der Waals surface area contributed by atoms with Gasteiger partial charge >= 0.3 is 0 Å². The topological polar surface area (TPSA) is 49.8 Å². The molecule has 1 atom stereocenters. The van der Waals surface area contributed by atoms with Crippen molar-refractivity contribution in [3.63, 3.8) is 0 Å². The Morgan fingerprint density at radius 3 is 2.72 bits per heavy atom. The minimum absolute atomic E-state index is 0.0295. The second kappa shape index (κ2) is 7.42. The standard InChI is InChI=1S/C20H28FNO3/c1-25-13-5-9-19(15-23)8-4-12-22(14-19)18(24)20(10-11-20)16-6-2-3-7-17(16)21/h2-3,6-7,23H,4-5,8-15H2,1H3. The summed E-state index contributed by atoms with van der Waals surface area (Å²) in [4.78, 5) is 15.1. The lowest BCUT2D eigenvalue weighted by molar-refractivity contribution is -0.138. The molecule has 1 aromatic rings. The van der Waals surface area contributed by atoms with E-state index in [-0.39, 0.29) is 23.7 Å². The fourth-order valence-electron chi connectivity index (χ4n) is 4.26. The highest BCUT2D eigenvalue weighted by molar-refractivity contribution is 5.91. The largest absolute Gasteiger partial charge is 0.396 e. The van der Waals surface area contributed by atoms with E-state index in [1.54, 1.807) is 25.3 Å². The fourth-order valence-corrected chi connectivity index (χ4v) is 4.26. The number of carbonyl (C=O) groups is 1. The first-order chi connectivity index (χ1) is 12.1. The molecule has 2 aliphatic rings. The first-order valence-corrected chi connectivity index (χ1v) is 9.21. The van der Waals surface area contributed by atoms with Gasteiger partial charge in [-0.1, -0.05) is 18.2 Å². The van der Waals surface area contributed by atoms with Crippen LogP contribution in [0.25, 0.3) is 0 Å². The van der Waals surface area contributed by atoms with Gasteiger partial charge in [0, 0.05) is 37.8 Å². The monoisotopic (exact) mass is 349 g/mol. The predicted molar refractivity (Wildman–Crippen MR) is 93.8 cm³/mol. The Morgan fingerprint density at radius 2 is 2.08 bits per heavy atom. The van der Waals surface area contributed by atoms with E-state index in [1.807, 2.05) is 4.90 Å². The number of nitrogens with zero attached hydrogens (tertiary/aromatic N) is 1. The number of halogens is 1. The van der Waals surface area contributed by atoms with E-state index in [9.17, 15) is 14.3 Å². The molecule has 1 N–H and O–H groups in total. The number of carbonyl (C=O) groups excluding carboxylic acids is 1. The predicted octanol–water partition coefficient (Wildman–Crippen LogP) is 2.89. The normalized spacial score (nSPS) is 25.0. The lowest BCUT2D eigenvalue weighted by atomic mass is 9.76. The van der Waals surface area contributed by atoms with Crippen molar-refractivity contribution in [3.8, 4) is 0 Å². The van der Waals surface area contributed by atoms with Crippen molar-refractivity contribution >= 4 is 5.91 Å². The molecule has 5 heteroatoms. The van der Waals surface area contributed by atoms with Crippen LogP contribution in [0.1, 0.15) is 44.1 Å². The third-order valence-electron chi connectivity index (χ3n) is 5.89. The third kappa shape index (κ3) is 3.58. The Balaban J connectivity index is 1.75. The maximum Gasteiger partial charge on any atom is 0.233 e. The van der Waals surface area contributed by atoms with E-state index < -0.39 is 5.41 Å². The van der Waals surface area contributed by atoms with Crippen molar-refractivity contribution < 1.29 is 19.0 Å². The Kier molecular flexibility index (Phi) is 5.44. The van der Waals surface area contributed by atoms with E-state index in [0.717, 1.165) is 25.7 Å². The van der Waals surface area contributed by atoms with Crippen LogP contribution in [-0.2, 0) is 14.9 Å². The van der Waals surface area contributed by atoms with Crippen molar-refractivity contribution in [2.24, 2.45) is 5.41 Å². The molecule has 25 heavy (non-hydrogen) atoms. The molecule has 1 saturated heterocycles. The molecule has 1 amide bonds. The number of aliphatic hydroxyl groups is 1. The average Bonchev–Trinajstić information content (AvgIpc) is 3.43. The van der Waals surface area contributed by atoms with Crippen LogP contribution in [0, 0.1) is 11.2 Å². The van der Waals surface area contributed by atoms with Gasteiger partial charge in [0.1, 0.15) is 5.82 Å². The lowest BCUT2D eigenvalue weighted by Gasteiger charge is -2.43. The number of amides is 1. The number of likely N-dealkylation sites (tertiary alicyclic amines) is 1. The summed E-state index contributed by atoms with van der Waals surface area (Å²) >= 11 is 0. The molecule has 1 aliphatic carbocycles. The highest BCUT2D eigenvalue weighted by atomic mass is 19.1. The van der Waals surface area contributed by atoms with Crippen LogP contribution >= 0.6 is 0 Å². The molecule has 0 radical (unpaired) electrons. The van der Waals surface area contributed by atoms with E-state index in [4.69, 9.17) is 4.74 Å². The molecule has 138 valence electrons. The Hall–Kier alpha value is -1.46. The number of rotatable bonds is 7. The minimum Gasteiger partial charge on any atom is -0.396 e. The first kappa shape index (κ1) is 18.3. The van der Waals surface area contributed by atoms with Crippen molar-refractivity contribution in [3.05, 3.63) is 35.6 Å². The summed E-state index contributed by atoms with van der Waals surface area (Å²) in [5.41, 5.74) is -0.409. The molecule has 1 aromatic carbocycles. The minimum atomic E-state index is -0.684. The molecule has 2 fully saturated rings. The molecule has 1 aliphatic heterocycles.